The summed E-state index contributed by atoms with van der Waals surface area (Å²) in [6.45, 7) is 6.68. The van der Waals surface area contributed by atoms with Gasteiger partial charge >= 0.3 is 0 Å². The van der Waals surface area contributed by atoms with Gasteiger partial charge in [0.05, 0.1) is 12.0 Å². The number of pyridine rings is 1. The Hall–Kier alpha value is -2.83. The van der Waals surface area contributed by atoms with Gasteiger partial charge in [0.25, 0.3) is 5.56 Å². The fraction of sp³-hybridized carbons (Fsp3) is 0.450. The summed E-state index contributed by atoms with van der Waals surface area (Å²) in [6, 6.07) is 5.65. The lowest BCUT2D eigenvalue weighted by Gasteiger charge is -2.33. The van der Waals surface area contributed by atoms with Gasteiger partial charge in [-0.15, -0.1) is 0 Å². The van der Waals surface area contributed by atoms with Gasteiger partial charge in [0.15, 0.2) is 5.65 Å². The molecule has 1 fully saturated rings. The van der Waals surface area contributed by atoms with Gasteiger partial charge in [-0.1, -0.05) is 13.8 Å². The van der Waals surface area contributed by atoms with Gasteiger partial charge in [-0.3, -0.25) is 14.3 Å². The summed E-state index contributed by atoms with van der Waals surface area (Å²) in [7, 11) is 0. The topological polar surface area (TPSA) is 76.8 Å². The molecule has 0 radical (unpaired) electrons. The van der Waals surface area contributed by atoms with E-state index >= 15 is 0 Å². The number of aromatic nitrogens is 5. The zero-order valence-electron chi connectivity index (χ0n) is 15.7. The molecule has 0 aromatic carbocycles. The van der Waals surface area contributed by atoms with Crippen LogP contribution in [0.15, 0.2) is 41.7 Å². The van der Waals surface area contributed by atoms with E-state index in [0.717, 1.165) is 49.5 Å². The Morgan fingerprint density at radius 1 is 1.11 bits per heavy atom. The fourth-order valence-electron chi connectivity index (χ4n) is 3.54. The average Bonchev–Trinajstić information content (AvgIpc) is 2.69. The Morgan fingerprint density at radius 2 is 1.89 bits per heavy atom. The minimum atomic E-state index is 0.0471. The van der Waals surface area contributed by atoms with Gasteiger partial charge in [-0.2, -0.15) is 0 Å². The number of piperidine rings is 1. The fourth-order valence-corrected chi connectivity index (χ4v) is 3.54. The van der Waals surface area contributed by atoms with Crippen LogP contribution in [0.3, 0.4) is 0 Å². The van der Waals surface area contributed by atoms with Gasteiger partial charge in [0, 0.05) is 38.1 Å². The zero-order valence-corrected chi connectivity index (χ0v) is 15.7. The standard InChI is InChI=1S/C20H24N6O/c1-14(2)17-11-19(27)26(13-23-17)12-15-5-9-25(10-6-15)18-4-3-16-20(24-18)22-8-7-21-16/h3-4,7-8,11,13-15H,5-6,9-10,12H2,1-2H3. The third kappa shape index (κ3) is 3.82. The van der Waals surface area contributed by atoms with Crippen LogP contribution in [0.2, 0.25) is 0 Å². The van der Waals surface area contributed by atoms with Gasteiger partial charge in [0.1, 0.15) is 11.3 Å². The largest absolute Gasteiger partial charge is 0.357 e. The van der Waals surface area contributed by atoms with Gasteiger partial charge < -0.3 is 4.90 Å². The van der Waals surface area contributed by atoms with Crippen molar-refractivity contribution >= 4 is 17.0 Å². The lowest BCUT2D eigenvalue weighted by Crippen LogP contribution is -2.36. The van der Waals surface area contributed by atoms with E-state index in [1.807, 2.05) is 26.0 Å². The molecule has 0 unspecified atom stereocenters. The highest BCUT2D eigenvalue weighted by Gasteiger charge is 2.21. The molecule has 1 aliphatic rings. The van der Waals surface area contributed by atoms with Gasteiger partial charge in [-0.05, 0) is 36.8 Å². The van der Waals surface area contributed by atoms with Gasteiger partial charge in [-0.25, -0.2) is 15.0 Å². The Balaban J connectivity index is 1.40. The monoisotopic (exact) mass is 364 g/mol. The van der Waals surface area contributed by atoms with E-state index in [1.54, 1.807) is 29.4 Å². The molecule has 0 N–H and O–H groups in total. The summed E-state index contributed by atoms with van der Waals surface area (Å²) < 4.78 is 1.75. The number of hydrogen-bond acceptors (Lipinski definition) is 6. The summed E-state index contributed by atoms with van der Waals surface area (Å²) >= 11 is 0. The van der Waals surface area contributed by atoms with Crippen molar-refractivity contribution in [2.45, 2.75) is 39.2 Å². The minimum absolute atomic E-state index is 0.0471. The van der Waals surface area contributed by atoms with Crippen LogP contribution < -0.4 is 10.5 Å². The van der Waals surface area contributed by atoms with Crippen molar-refractivity contribution in [2.24, 2.45) is 5.92 Å². The van der Waals surface area contributed by atoms with E-state index < -0.39 is 0 Å². The SMILES string of the molecule is CC(C)c1cc(=O)n(CC2CCN(c3ccc4nccnc4n3)CC2)cn1. The molecule has 0 aliphatic carbocycles. The Labute approximate surface area is 158 Å². The second-order valence-corrected chi connectivity index (χ2v) is 7.46. The first-order valence-corrected chi connectivity index (χ1v) is 9.49. The third-order valence-electron chi connectivity index (χ3n) is 5.20. The van der Waals surface area contributed by atoms with Crippen molar-refractivity contribution < 1.29 is 0 Å². The molecular formula is C20H24N6O. The molecule has 1 saturated heterocycles. The highest BCUT2D eigenvalue weighted by molar-refractivity contribution is 5.71. The summed E-state index contributed by atoms with van der Waals surface area (Å²) in [5.74, 6) is 1.70. The Morgan fingerprint density at radius 3 is 2.63 bits per heavy atom. The van der Waals surface area contributed by atoms with Crippen molar-refractivity contribution in [2.75, 3.05) is 18.0 Å². The van der Waals surface area contributed by atoms with Crippen LogP contribution in [0.4, 0.5) is 5.82 Å². The Bertz CT molecular complexity index is 991. The molecule has 0 atom stereocenters. The number of nitrogens with zero attached hydrogens (tertiary/aromatic N) is 6. The van der Waals surface area contributed by atoms with E-state index in [-0.39, 0.29) is 11.5 Å². The molecule has 7 heteroatoms. The van der Waals surface area contributed by atoms with Crippen LogP contribution in [-0.4, -0.2) is 37.6 Å². The van der Waals surface area contributed by atoms with Crippen molar-refractivity contribution in [3.8, 4) is 0 Å². The predicted octanol–water partition coefficient (Wildman–Crippen LogP) is 2.62. The molecule has 0 bridgehead atoms. The maximum atomic E-state index is 12.3. The second-order valence-electron chi connectivity index (χ2n) is 7.46. The highest BCUT2D eigenvalue weighted by atomic mass is 16.1. The van der Waals surface area contributed by atoms with Crippen LogP contribution in [0.5, 0.6) is 0 Å². The zero-order chi connectivity index (χ0) is 18.8. The number of rotatable bonds is 4. The van der Waals surface area contributed by atoms with E-state index in [4.69, 9.17) is 0 Å². The minimum Gasteiger partial charge on any atom is -0.357 e. The lowest BCUT2D eigenvalue weighted by atomic mass is 9.96. The third-order valence-corrected chi connectivity index (χ3v) is 5.20. The molecule has 3 aromatic rings. The van der Waals surface area contributed by atoms with Crippen molar-refractivity contribution in [3.05, 3.63) is 53.0 Å². The van der Waals surface area contributed by atoms with Crippen LogP contribution in [0.25, 0.3) is 11.2 Å². The van der Waals surface area contributed by atoms with Gasteiger partial charge in [0.2, 0.25) is 0 Å². The van der Waals surface area contributed by atoms with Crippen LogP contribution in [0.1, 0.15) is 38.3 Å². The van der Waals surface area contributed by atoms with Crippen LogP contribution in [-0.2, 0) is 6.54 Å². The molecule has 4 heterocycles. The number of anilines is 1. The normalized spacial score (nSPS) is 15.6. The van der Waals surface area contributed by atoms with Crippen LogP contribution >= 0.6 is 0 Å². The number of hydrogen-bond donors (Lipinski definition) is 0. The summed E-state index contributed by atoms with van der Waals surface area (Å²) in [6.07, 6.45) is 7.10. The molecule has 7 nitrogen and oxygen atoms in total. The summed E-state index contributed by atoms with van der Waals surface area (Å²) in [5, 5.41) is 0. The van der Waals surface area contributed by atoms with E-state index in [9.17, 15) is 4.79 Å². The van der Waals surface area contributed by atoms with E-state index in [0.29, 0.717) is 11.6 Å². The molecule has 140 valence electrons. The molecule has 1 aliphatic heterocycles. The molecule has 27 heavy (non-hydrogen) atoms. The Kier molecular flexibility index (Phi) is 4.83. The number of fused-ring (bicyclic) bond motifs is 1. The maximum absolute atomic E-state index is 12.3. The quantitative estimate of drug-likeness (QED) is 0.708. The van der Waals surface area contributed by atoms with Crippen molar-refractivity contribution in [1.29, 1.82) is 0 Å². The second kappa shape index (κ2) is 7.42. The molecular weight excluding hydrogens is 340 g/mol. The van der Waals surface area contributed by atoms with E-state index in [1.165, 1.54) is 0 Å². The summed E-state index contributed by atoms with van der Waals surface area (Å²) in [5.41, 5.74) is 2.40. The average molecular weight is 364 g/mol. The molecule has 4 rings (SSSR count). The van der Waals surface area contributed by atoms with Crippen molar-refractivity contribution in [3.63, 3.8) is 0 Å². The molecule has 3 aromatic heterocycles. The maximum Gasteiger partial charge on any atom is 0.253 e. The van der Waals surface area contributed by atoms with E-state index in [2.05, 4.69) is 24.8 Å². The molecule has 0 amide bonds. The predicted molar refractivity (Wildman–Crippen MR) is 105 cm³/mol. The smallest absolute Gasteiger partial charge is 0.253 e. The van der Waals surface area contributed by atoms with Crippen LogP contribution in [0, 0.1) is 5.92 Å². The van der Waals surface area contributed by atoms with Crippen molar-refractivity contribution in [1.82, 2.24) is 24.5 Å². The first-order chi connectivity index (χ1) is 13.1. The summed E-state index contributed by atoms with van der Waals surface area (Å²) in [4.78, 5) is 32.2. The highest BCUT2D eigenvalue weighted by Crippen LogP contribution is 2.24. The molecule has 0 saturated carbocycles. The lowest BCUT2D eigenvalue weighted by molar-refractivity contribution is 0.350. The first kappa shape index (κ1) is 17.6. The first-order valence-electron chi connectivity index (χ1n) is 9.49. The molecule has 0 spiro atoms.